The number of thiol groups is 1. The van der Waals surface area contributed by atoms with E-state index in [4.69, 9.17) is 0 Å². The van der Waals surface area contributed by atoms with Crippen molar-refractivity contribution in [3.8, 4) is 0 Å². The molecule has 0 aliphatic carbocycles. The first-order valence-corrected chi connectivity index (χ1v) is 5.39. The Balaban J connectivity index is 2.61. The number of amides is 1. The molecule has 1 unspecified atom stereocenters. The van der Waals surface area contributed by atoms with E-state index in [1.807, 2.05) is 0 Å². The van der Waals surface area contributed by atoms with E-state index in [1.165, 1.54) is 19.1 Å². The van der Waals surface area contributed by atoms with Crippen molar-refractivity contribution >= 4 is 18.5 Å². The van der Waals surface area contributed by atoms with Gasteiger partial charge >= 0.3 is 6.18 Å². The van der Waals surface area contributed by atoms with Crippen molar-refractivity contribution in [3.05, 3.63) is 29.8 Å². The molecule has 0 bridgehead atoms. The Morgan fingerprint density at radius 1 is 1.47 bits per heavy atom. The van der Waals surface area contributed by atoms with Crippen molar-refractivity contribution in [3.63, 3.8) is 0 Å². The van der Waals surface area contributed by atoms with Crippen LogP contribution in [0.1, 0.15) is 23.7 Å². The van der Waals surface area contributed by atoms with Crippen LogP contribution in [0, 0.1) is 0 Å². The van der Waals surface area contributed by atoms with Crippen LogP contribution in [0.15, 0.2) is 29.2 Å². The Bertz CT molecular complexity index is 406. The predicted molar refractivity (Wildman–Crippen MR) is 61.3 cm³/mol. The molecule has 0 fully saturated rings. The van der Waals surface area contributed by atoms with Gasteiger partial charge in [-0.15, -0.1) is 12.6 Å². The lowest BCUT2D eigenvalue weighted by Gasteiger charge is -2.15. The van der Waals surface area contributed by atoms with Gasteiger partial charge in [-0.1, -0.05) is 6.07 Å². The first-order chi connectivity index (χ1) is 7.78. The molecule has 2 nitrogen and oxygen atoms in total. The van der Waals surface area contributed by atoms with Gasteiger partial charge in [-0.2, -0.15) is 13.2 Å². The number of hydrogen-bond acceptors (Lipinski definition) is 2. The van der Waals surface area contributed by atoms with E-state index in [0.717, 1.165) is 0 Å². The second-order valence-corrected chi connectivity index (χ2v) is 4.26. The molecule has 1 N–H and O–H groups in total. The number of rotatable bonds is 3. The van der Waals surface area contributed by atoms with Crippen molar-refractivity contribution in [2.75, 3.05) is 0 Å². The monoisotopic (exact) mass is 263 g/mol. The Hall–Kier alpha value is -1.17. The second-order valence-electron chi connectivity index (χ2n) is 3.74. The highest BCUT2D eigenvalue weighted by Crippen LogP contribution is 2.21. The summed E-state index contributed by atoms with van der Waals surface area (Å²) in [4.78, 5) is 12.2. The number of alkyl halides is 3. The van der Waals surface area contributed by atoms with Gasteiger partial charge in [-0.25, -0.2) is 0 Å². The summed E-state index contributed by atoms with van der Waals surface area (Å²) in [5.41, 5.74) is 0.298. The van der Waals surface area contributed by atoms with Gasteiger partial charge in [0.2, 0.25) is 0 Å². The van der Waals surface area contributed by atoms with Crippen LogP contribution in [-0.4, -0.2) is 18.1 Å². The summed E-state index contributed by atoms with van der Waals surface area (Å²) in [6.07, 6.45) is -5.32. The van der Waals surface area contributed by atoms with E-state index in [9.17, 15) is 18.0 Å². The third-order valence-corrected chi connectivity index (χ3v) is 2.30. The van der Waals surface area contributed by atoms with Gasteiger partial charge in [0.15, 0.2) is 0 Å². The highest BCUT2D eigenvalue weighted by atomic mass is 32.1. The van der Waals surface area contributed by atoms with Crippen molar-refractivity contribution < 1.29 is 18.0 Å². The smallest absolute Gasteiger partial charge is 0.349 e. The molecular weight excluding hydrogens is 251 g/mol. The van der Waals surface area contributed by atoms with Gasteiger partial charge < -0.3 is 5.32 Å². The molecule has 0 spiro atoms. The van der Waals surface area contributed by atoms with E-state index >= 15 is 0 Å². The summed E-state index contributed by atoms with van der Waals surface area (Å²) in [6, 6.07) is 5.37. The molecule has 94 valence electrons. The number of carbonyl (C=O) groups is 1. The molecule has 0 saturated carbocycles. The predicted octanol–water partition coefficient (Wildman–Crippen LogP) is 3.05. The normalized spacial score (nSPS) is 13.2. The van der Waals surface area contributed by atoms with E-state index in [0.29, 0.717) is 10.5 Å². The molecule has 1 amide bonds. The zero-order valence-corrected chi connectivity index (χ0v) is 9.98. The molecule has 6 heteroatoms. The summed E-state index contributed by atoms with van der Waals surface area (Å²) in [6.45, 7) is 1.32. The van der Waals surface area contributed by atoms with Gasteiger partial charge in [0, 0.05) is 16.5 Å². The molecule has 0 heterocycles. The lowest BCUT2D eigenvalue weighted by Crippen LogP contribution is -2.35. The number of halogens is 3. The molecule has 1 aromatic carbocycles. The SMILES string of the molecule is CC(CC(F)(F)F)NC(=O)c1cccc(S)c1. The standard InChI is InChI=1S/C11H12F3NOS/c1-7(6-11(12,13)14)15-10(16)8-3-2-4-9(17)5-8/h2-5,7,17H,6H2,1H3,(H,15,16). The fourth-order valence-corrected chi connectivity index (χ4v) is 1.58. The minimum Gasteiger partial charge on any atom is -0.349 e. The van der Waals surface area contributed by atoms with Gasteiger partial charge in [-0.05, 0) is 25.1 Å². The third-order valence-electron chi connectivity index (χ3n) is 2.02. The molecule has 0 saturated heterocycles. The number of nitrogens with one attached hydrogen (secondary N) is 1. The maximum absolute atomic E-state index is 12.1. The molecular formula is C11H12F3NOS. The van der Waals surface area contributed by atoms with Gasteiger partial charge in [-0.3, -0.25) is 4.79 Å². The summed E-state index contributed by atoms with van der Waals surface area (Å²) in [5, 5.41) is 2.29. The molecule has 17 heavy (non-hydrogen) atoms. The largest absolute Gasteiger partial charge is 0.391 e. The maximum atomic E-state index is 12.1. The van der Waals surface area contributed by atoms with Crippen LogP contribution >= 0.6 is 12.6 Å². The average molecular weight is 263 g/mol. The number of carbonyl (C=O) groups excluding carboxylic acids is 1. The van der Waals surface area contributed by atoms with E-state index in [2.05, 4.69) is 17.9 Å². The highest BCUT2D eigenvalue weighted by Gasteiger charge is 2.30. The molecule has 0 radical (unpaired) electrons. The summed E-state index contributed by atoms with van der Waals surface area (Å²) in [7, 11) is 0. The first kappa shape index (κ1) is 13.9. The van der Waals surface area contributed by atoms with Crippen molar-refractivity contribution in [2.24, 2.45) is 0 Å². The number of hydrogen-bond donors (Lipinski definition) is 2. The minimum absolute atomic E-state index is 0.298. The van der Waals surface area contributed by atoms with Crippen LogP contribution in [-0.2, 0) is 0 Å². The van der Waals surface area contributed by atoms with E-state index < -0.39 is 24.5 Å². The van der Waals surface area contributed by atoms with Crippen LogP contribution in [0.2, 0.25) is 0 Å². The number of benzene rings is 1. The van der Waals surface area contributed by atoms with Crippen LogP contribution in [0.5, 0.6) is 0 Å². The molecule has 0 aliphatic rings. The molecule has 0 aliphatic heterocycles. The summed E-state index contributed by atoms with van der Waals surface area (Å²) < 4.78 is 36.2. The van der Waals surface area contributed by atoms with E-state index in [1.54, 1.807) is 12.1 Å². The van der Waals surface area contributed by atoms with Gasteiger partial charge in [0.1, 0.15) is 0 Å². The second kappa shape index (κ2) is 5.44. The molecule has 1 aromatic rings. The topological polar surface area (TPSA) is 29.1 Å². The molecule has 1 atom stereocenters. The Morgan fingerprint density at radius 2 is 2.12 bits per heavy atom. The first-order valence-electron chi connectivity index (χ1n) is 4.94. The molecule has 0 aromatic heterocycles. The van der Waals surface area contributed by atoms with Crippen LogP contribution in [0.3, 0.4) is 0 Å². The van der Waals surface area contributed by atoms with Crippen LogP contribution in [0.25, 0.3) is 0 Å². The maximum Gasteiger partial charge on any atom is 0.391 e. The Kier molecular flexibility index (Phi) is 4.45. The zero-order valence-electron chi connectivity index (χ0n) is 9.08. The van der Waals surface area contributed by atoms with Crippen LogP contribution in [0.4, 0.5) is 13.2 Å². The van der Waals surface area contributed by atoms with Gasteiger partial charge in [0.25, 0.3) is 5.91 Å². The third kappa shape index (κ3) is 5.12. The average Bonchev–Trinajstić information content (AvgIpc) is 2.14. The summed E-state index contributed by atoms with van der Waals surface area (Å²) in [5.74, 6) is -0.530. The fraction of sp³-hybridized carbons (Fsp3) is 0.364. The minimum atomic E-state index is -4.28. The molecule has 1 rings (SSSR count). The lowest BCUT2D eigenvalue weighted by atomic mass is 10.2. The van der Waals surface area contributed by atoms with Gasteiger partial charge in [0.05, 0.1) is 6.42 Å². The Labute approximate surface area is 103 Å². The van der Waals surface area contributed by atoms with Crippen molar-refractivity contribution in [2.45, 2.75) is 30.5 Å². The Morgan fingerprint density at radius 3 is 2.65 bits per heavy atom. The highest BCUT2D eigenvalue weighted by molar-refractivity contribution is 7.80. The van der Waals surface area contributed by atoms with Crippen LogP contribution < -0.4 is 5.32 Å². The quantitative estimate of drug-likeness (QED) is 0.806. The van der Waals surface area contributed by atoms with Crippen molar-refractivity contribution in [1.82, 2.24) is 5.32 Å². The summed E-state index contributed by atoms with van der Waals surface area (Å²) >= 11 is 4.05. The lowest BCUT2D eigenvalue weighted by molar-refractivity contribution is -0.138. The van der Waals surface area contributed by atoms with Crippen molar-refractivity contribution in [1.29, 1.82) is 0 Å². The fourth-order valence-electron chi connectivity index (χ4n) is 1.35. The van der Waals surface area contributed by atoms with E-state index in [-0.39, 0.29) is 0 Å². The zero-order chi connectivity index (χ0) is 13.1.